The van der Waals surface area contributed by atoms with E-state index in [2.05, 4.69) is 0 Å². The number of sulfonamides is 1. The van der Waals surface area contributed by atoms with Crippen molar-refractivity contribution in [2.45, 2.75) is 18.2 Å². The number of carboxylic acids is 1. The standard InChI is InChI=1S/C17H18N2O7S/c1-12-3-6-14(7-4-12)27(24,25)18(10-9-17(20)21)15-11-13(19(22)23)5-8-16(15)26-2/h3-8,11H,9-10H2,1-2H3,(H,20,21). The first-order valence-corrected chi connectivity index (χ1v) is 9.24. The van der Waals surface area contributed by atoms with Crippen molar-refractivity contribution in [1.29, 1.82) is 0 Å². The molecule has 2 aromatic carbocycles. The summed E-state index contributed by atoms with van der Waals surface area (Å²) in [6.07, 6.45) is -0.489. The third-order valence-electron chi connectivity index (χ3n) is 3.78. The third-order valence-corrected chi connectivity index (χ3v) is 5.61. The van der Waals surface area contributed by atoms with E-state index in [0.717, 1.165) is 15.9 Å². The lowest BCUT2D eigenvalue weighted by molar-refractivity contribution is -0.384. The molecule has 0 aliphatic heterocycles. The third kappa shape index (κ3) is 4.53. The van der Waals surface area contributed by atoms with Crippen molar-refractivity contribution in [3.05, 3.63) is 58.1 Å². The molecule has 0 heterocycles. The molecule has 9 nitrogen and oxygen atoms in total. The van der Waals surface area contributed by atoms with Crippen LogP contribution in [0.25, 0.3) is 0 Å². The highest BCUT2D eigenvalue weighted by molar-refractivity contribution is 7.92. The molecule has 2 aromatic rings. The number of nitro benzene ring substituents is 1. The van der Waals surface area contributed by atoms with Gasteiger partial charge in [0, 0.05) is 18.7 Å². The number of aliphatic carboxylic acids is 1. The van der Waals surface area contributed by atoms with Gasteiger partial charge in [-0.1, -0.05) is 17.7 Å². The predicted molar refractivity (Wildman–Crippen MR) is 97.6 cm³/mol. The minimum atomic E-state index is -4.17. The summed E-state index contributed by atoms with van der Waals surface area (Å²) in [4.78, 5) is 21.4. The van der Waals surface area contributed by atoms with Crippen molar-refractivity contribution >= 4 is 27.4 Å². The smallest absolute Gasteiger partial charge is 0.305 e. The van der Waals surface area contributed by atoms with Gasteiger partial charge in [0.25, 0.3) is 15.7 Å². The van der Waals surface area contributed by atoms with E-state index in [4.69, 9.17) is 9.84 Å². The molecule has 0 amide bonds. The van der Waals surface area contributed by atoms with Crippen LogP contribution in [0.1, 0.15) is 12.0 Å². The van der Waals surface area contributed by atoms with Crippen molar-refractivity contribution in [2.24, 2.45) is 0 Å². The number of nitrogens with zero attached hydrogens (tertiary/aromatic N) is 2. The number of hydrogen-bond acceptors (Lipinski definition) is 6. The molecule has 144 valence electrons. The summed E-state index contributed by atoms with van der Waals surface area (Å²) in [5.74, 6) is -1.13. The van der Waals surface area contributed by atoms with E-state index >= 15 is 0 Å². The fourth-order valence-corrected chi connectivity index (χ4v) is 3.86. The number of hydrogen-bond donors (Lipinski definition) is 1. The molecule has 0 aliphatic carbocycles. The fourth-order valence-electron chi connectivity index (χ4n) is 2.39. The quantitative estimate of drug-likeness (QED) is 0.538. The number of benzene rings is 2. The van der Waals surface area contributed by atoms with E-state index in [-0.39, 0.29) is 22.0 Å². The number of carboxylic acid groups (broad SMARTS) is 1. The van der Waals surface area contributed by atoms with Crippen LogP contribution < -0.4 is 9.04 Å². The van der Waals surface area contributed by atoms with Gasteiger partial charge in [-0.25, -0.2) is 8.42 Å². The molecule has 0 saturated heterocycles. The molecule has 0 radical (unpaired) electrons. The van der Waals surface area contributed by atoms with E-state index in [9.17, 15) is 23.3 Å². The molecule has 0 saturated carbocycles. The Morgan fingerprint density at radius 2 is 1.85 bits per heavy atom. The molecular formula is C17H18N2O7S. The second-order valence-electron chi connectivity index (χ2n) is 5.65. The largest absolute Gasteiger partial charge is 0.495 e. The second-order valence-corrected chi connectivity index (χ2v) is 7.51. The van der Waals surface area contributed by atoms with Gasteiger partial charge in [0.05, 0.1) is 23.3 Å². The zero-order chi connectivity index (χ0) is 20.2. The summed E-state index contributed by atoms with van der Waals surface area (Å²) in [7, 11) is -2.88. The molecule has 0 bridgehead atoms. The minimum absolute atomic E-state index is 0.0629. The maximum Gasteiger partial charge on any atom is 0.305 e. The Balaban J connectivity index is 2.64. The lowest BCUT2D eigenvalue weighted by Crippen LogP contribution is -2.33. The van der Waals surface area contributed by atoms with E-state index in [1.807, 2.05) is 0 Å². The number of nitro groups is 1. The van der Waals surface area contributed by atoms with Crippen molar-refractivity contribution in [3.63, 3.8) is 0 Å². The van der Waals surface area contributed by atoms with Crippen molar-refractivity contribution in [1.82, 2.24) is 0 Å². The normalized spacial score (nSPS) is 11.0. The summed E-state index contributed by atoms with van der Waals surface area (Å²) >= 11 is 0. The highest BCUT2D eigenvalue weighted by atomic mass is 32.2. The van der Waals surface area contributed by atoms with Crippen molar-refractivity contribution in [2.75, 3.05) is 18.0 Å². The summed E-state index contributed by atoms with van der Waals surface area (Å²) in [6.45, 7) is 1.38. The Labute approximate surface area is 156 Å². The first kappa shape index (κ1) is 20.2. The lowest BCUT2D eigenvalue weighted by atomic mass is 10.2. The Morgan fingerprint density at radius 3 is 2.37 bits per heavy atom. The Bertz CT molecular complexity index is 956. The zero-order valence-corrected chi connectivity index (χ0v) is 15.5. The maximum absolute atomic E-state index is 13.1. The second kappa shape index (κ2) is 8.04. The van der Waals surface area contributed by atoms with Gasteiger partial charge in [-0.15, -0.1) is 0 Å². The fraction of sp³-hybridized carbons (Fsp3) is 0.235. The molecule has 1 N–H and O–H groups in total. The number of aryl methyl sites for hydroxylation is 1. The molecule has 0 aliphatic rings. The number of ether oxygens (including phenoxy) is 1. The first-order chi connectivity index (χ1) is 12.7. The molecule has 0 spiro atoms. The monoisotopic (exact) mass is 394 g/mol. The highest BCUT2D eigenvalue weighted by Gasteiger charge is 2.29. The van der Waals surface area contributed by atoms with Crippen LogP contribution >= 0.6 is 0 Å². The number of carbonyl (C=O) groups is 1. The number of non-ortho nitro benzene ring substituents is 1. The van der Waals surface area contributed by atoms with Crippen LogP contribution in [0.4, 0.5) is 11.4 Å². The van der Waals surface area contributed by atoms with E-state index in [0.29, 0.717) is 0 Å². The number of anilines is 1. The van der Waals surface area contributed by atoms with Crippen molar-refractivity contribution < 1.29 is 28.0 Å². The summed E-state index contributed by atoms with van der Waals surface area (Å²) < 4.78 is 32.2. The van der Waals surface area contributed by atoms with Gasteiger partial charge in [0.1, 0.15) is 11.4 Å². The molecule has 0 unspecified atom stereocenters. The Kier molecular flexibility index (Phi) is 6.01. The van der Waals surface area contributed by atoms with Gasteiger partial charge < -0.3 is 9.84 Å². The summed E-state index contributed by atoms with van der Waals surface area (Å²) in [5.41, 5.74) is 0.401. The lowest BCUT2D eigenvalue weighted by Gasteiger charge is -2.25. The molecule has 2 rings (SSSR count). The van der Waals surface area contributed by atoms with Crippen LogP contribution in [-0.4, -0.2) is 38.1 Å². The van der Waals surface area contributed by atoms with E-state index < -0.39 is 33.9 Å². The molecule has 0 atom stereocenters. The van der Waals surface area contributed by atoms with Crippen molar-refractivity contribution in [3.8, 4) is 5.75 Å². The van der Waals surface area contributed by atoms with E-state index in [1.165, 1.54) is 31.4 Å². The van der Waals surface area contributed by atoms with Gasteiger partial charge in [-0.3, -0.25) is 19.2 Å². The van der Waals surface area contributed by atoms with Gasteiger partial charge in [0.2, 0.25) is 0 Å². The summed E-state index contributed by atoms with van der Waals surface area (Å²) in [5, 5.41) is 20.1. The molecule has 10 heteroatoms. The predicted octanol–water partition coefficient (Wildman–Crippen LogP) is 2.58. The minimum Gasteiger partial charge on any atom is -0.495 e. The average Bonchev–Trinajstić information content (AvgIpc) is 2.61. The van der Waals surface area contributed by atoms with Crippen LogP contribution in [0.15, 0.2) is 47.4 Å². The average molecular weight is 394 g/mol. The van der Waals surface area contributed by atoms with Crippen LogP contribution in [-0.2, 0) is 14.8 Å². The maximum atomic E-state index is 13.1. The molecular weight excluding hydrogens is 376 g/mol. The van der Waals surface area contributed by atoms with Gasteiger partial charge in [0.15, 0.2) is 0 Å². The van der Waals surface area contributed by atoms with Gasteiger partial charge in [-0.05, 0) is 25.1 Å². The Hall–Kier alpha value is -3.14. The van der Waals surface area contributed by atoms with Gasteiger partial charge >= 0.3 is 5.97 Å². The topological polar surface area (TPSA) is 127 Å². The molecule has 0 fully saturated rings. The first-order valence-electron chi connectivity index (χ1n) is 7.80. The Morgan fingerprint density at radius 1 is 1.22 bits per heavy atom. The number of methoxy groups -OCH3 is 1. The van der Waals surface area contributed by atoms with Crippen LogP contribution in [0.3, 0.4) is 0 Å². The van der Waals surface area contributed by atoms with Gasteiger partial charge in [-0.2, -0.15) is 0 Å². The summed E-state index contributed by atoms with van der Waals surface area (Å²) in [6, 6.07) is 9.49. The van der Waals surface area contributed by atoms with Crippen LogP contribution in [0.2, 0.25) is 0 Å². The molecule has 27 heavy (non-hydrogen) atoms. The SMILES string of the molecule is COc1ccc([N+](=O)[O-])cc1N(CCC(=O)O)S(=O)(=O)c1ccc(C)cc1. The zero-order valence-electron chi connectivity index (χ0n) is 14.7. The highest BCUT2D eigenvalue weighted by Crippen LogP contribution is 2.35. The molecule has 0 aromatic heterocycles. The van der Waals surface area contributed by atoms with E-state index in [1.54, 1.807) is 19.1 Å². The van der Waals surface area contributed by atoms with Crippen LogP contribution in [0.5, 0.6) is 5.75 Å². The van der Waals surface area contributed by atoms with Crippen LogP contribution in [0, 0.1) is 17.0 Å². The number of rotatable bonds is 8.